The molecule has 1 aromatic carbocycles. The molecular weight excluding hydrogens is 416 g/mol. The van der Waals surface area contributed by atoms with E-state index >= 15 is 0 Å². The van der Waals surface area contributed by atoms with Gasteiger partial charge in [0, 0.05) is 60.9 Å². The summed E-state index contributed by atoms with van der Waals surface area (Å²) < 4.78 is 11.4. The molecule has 6 nitrogen and oxygen atoms in total. The SMILES string of the molecule is COc1cccc(N2CCN(CC3C(=O)OC4C5=C(C)C(=O)C=CC5(C)CCC34)CC2C)c1. The third kappa shape index (κ3) is 3.78. The third-order valence-corrected chi connectivity index (χ3v) is 8.28. The van der Waals surface area contributed by atoms with Crippen molar-refractivity contribution < 1.29 is 19.1 Å². The van der Waals surface area contributed by atoms with E-state index in [1.54, 1.807) is 13.2 Å². The summed E-state index contributed by atoms with van der Waals surface area (Å²) in [5.41, 5.74) is 2.80. The molecule has 4 aliphatic rings. The minimum absolute atomic E-state index is 0.0464. The molecule has 5 rings (SSSR count). The molecule has 0 spiro atoms. The average Bonchev–Trinajstić information content (AvgIpc) is 3.11. The van der Waals surface area contributed by atoms with E-state index in [1.807, 2.05) is 25.1 Å². The van der Waals surface area contributed by atoms with Crippen molar-refractivity contribution in [3.05, 3.63) is 47.6 Å². The highest BCUT2D eigenvalue weighted by Gasteiger charge is 2.54. The molecule has 2 aliphatic heterocycles. The van der Waals surface area contributed by atoms with Crippen molar-refractivity contribution in [3.63, 3.8) is 0 Å². The highest BCUT2D eigenvalue weighted by atomic mass is 16.6. The predicted molar refractivity (Wildman–Crippen MR) is 127 cm³/mol. The maximum Gasteiger partial charge on any atom is 0.311 e. The number of hydrogen-bond donors (Lipinski definition) is 0. The summed E-state index contributed by atoms with van der Waals surface area (Å²) in [5.74, 6) is 0.842. The Morgan fingerprint density at radius 2 is 2.06 bits per heavy atom. The van der Waals surface area contributed by atoms with Crippen LogP contribution in [0.1, 0.15) is 33.6 Å². The molecule has 2 aliphatic carbocycles. The van der Waals surface area contributed by atoms with E-state index in [1.165, 1.54) is 5.69 Å². The first-order valence-corrected chi connectivity index (χ1v) is 12.1. The van der Waals surface area contributed by atoms with Crippen LogP contribution in [0.5, 0.6) is 5.75 Å². The zero-order valence-corrected chi connectivity index (χ0v) is 20.0. The van der Waals surface area contributed by atoms with E-state index in [9.17, 15) is 9.59 Å². The van der Waals surface area contributed by atoms with Crippen molar-refractivity contribution in [1.29, 1.82) is 0 Å². The summed E-state index contributed by atoms with van der Waals surface area (Å²) in [4.78, 5) is 30.2. The van der Waals surface area contributed by atoms with E-state index in [0.29, 0.717) is 6.04 Å². The molecule has 2 saturated heterocycles. The van der Waals surface area contributed by atoms with Crippen LogP contribution < -0.4 is 9.64 Å². The number of ether oxygens (including phenoxy) is 2. The second-order valence-electron chi connectivity index (χ2n) is 10.3. The Balaban J connectivity index is 1.29. The summed E-state index contributed by atoms with van der Waals surface area (Å²) in [6.07, 6.45) is 5.36. The van der Waals surface area contributed by atoms with Gasteiger partial charge in [-0.25, -0.2) is 0 Å². The number of anilines is 1. The Morgan fingerprint density at radius 1 is 1.24 bits per heavy atom. The minimum Gasteiger partial charge on any atom is -0.497 e. The van der Waals surface area contributed by atoms with Crippen molar-refractivity contribution in [2.45, 2.75) is 45.8 Å². The summed E-state index contributed by atoms with van der Waals surface area (Å²) in [7, 11) is 1.69. The topological polar surface area (TPSA) is 59.1 Å². The Morgan fingerprint density at radius 3 is 2.82 bits per heavy atom. The maximum atomic E-state index is 13.0. The van der Waals surface area contributed by atoms with Crippen LogP contribution in [0.25, 0.3) is 0 Å². The van der Waals surface area contributed by atoms with E-state index in [4.69, 9.17) is 9.47 Å². The van der Waals surface area contributed by atoms with Crippen molar-refractivity contribution in [2.24, 2.45) is 17.3 Å². The van der Waals surface area contributed by atoms with Crippen LogP contribution in [0.2, 0.25) is 0 Å². The third-order valence-electron chi connectivity index (χ3n) is 8.28. The lowest BCUT2D eigenvalue weighted by atomic mass is 9.61. The molecule has 176 valence electrons. The van der Waals surface area contributed by atoms with Gasteiger partial charge >= 0.3 is 5.97 Å². The monoisotopic (exact) mass is 450 g/mol. The standard InChI is InChI=1S/C27H34N2O4/c1-17-15-28(12-13-29(17)19-6-5-7-20(14-19)32-4)16-22-21-8-10-27(3)11-9-23(30)18(2)24(27)25(21)33-26(22)31/h5-7,9,11,14,17,21-22,25H,8,10,12-13,15-16H2,1-4H3. The number of piperazine rings is 1. The van der Waals surface area contributed by atoms with E-state index in [0.717, 1.165) is 55.9 Å². The molecule has 0 amide bonds. The number of carbonyl (C=O) groups excluding carboxylic acids is 2. The molecule has 0 bridgehead atoms. The highest BCUT2D eigenvalue weighted by molar-refractivity contribution is 6.05. The molecule has 3 fully saturated rings. The number of methoxy groups -OCH3 is 1. The predicted octanol–water partition coefficient (Wildman–Crippen LogP) is 3.62. The first kappa shape index (κ1) is 22.2. The second-order valence-corrected chi connectivity index (χ2v) is 10.3. The number of benzene rings is 1. The zero-order chi connectivity index (χ0) is 23.3. The molecule has 5 atom stereocenters. The Labute approximate surface area is 196 Å². The molecule has 1 saturated carbocycles. The molecule has 1 aromatic rings. The van der Waals surface area contributed by atoms with Gasteiger partial charge in [0.15, 0.2) is 5.78 Å². The van der Waals surface area contributed by atoms with Gasteiger partial charge in [0.2, 0.25) is 0 Å². The van der Waals surface area contributed by atoms with Crippen molar-refractivity contribution in [2.75, 3.05) is 38.2 Å². The molecule has 2 heterocycles. The number of fused-ring (bicyclic) bond motifs is 3. The fourth-order valence-corrected chi connectivity index (χ4v) is 6.43. The van der Waals surface area contributed by atoms with Gasteiger partial charge in [0.25, 0.3) is 0 Å². The smallest absolute Gasteiger partial charge is 0.311 e. The summed E-state index contributed by atoms with van der Waals surface area (Å²) in [5, 5.41) is 0. The van der Waals surface area contributed by atoms with Gasteiger partial charge < -0.3 is 14.4 Å². The molecule has 5 unspecified atom stereocenters. The van der Waals surface area contributed by atoms with E-state index in [2.05, 4.69) is 35.8 Å². The Hall–Kier alpha value is -2.60. The van der Waals surface area contributed by atoms with Crippen molar-refractivity contribution in [1.82, 2.24) is 4.90 Å². The molecule has 0 aromatic heterocycles. The van der Waals surface area contributed by atoms with Crippen LogP contribution in [-0.2, 0) is 14.3 Å². The largest absolute Gasteiger partial charge is 0.497 e. The number of ketones is 1. The Bertz CT molecular complexity index is 1030. The average molecular weight is 451 g/mol. The number of esters is 1. The number of hydrogen-bond acceptors (Lipinski definition) is 6. The molecule has 6 heteroatoms. The number of allylic oxidation sites excluding steroid dienone is 3. The molecule has 0 N–H and O–H groups in total. The quantitative estimate of drug-likeness (QED) is 0.653. The first-order chi connectivity index (χ1) is 15.8. The van der Waals surface area contributed by atoms with Crippen LogP contribution in [0.15, 0.2) is 47.6 Å². The van der Waals surface area contributed by atoms with Gasteiger partial charge in [-0.15, -0.1) is 0 Å². The fraction of sp³-hybridized carbons (Fsp3) is 0.556. The van der Waals surface area contributed by atoms with Gasteiger partial charge in [-0.1, -0.05) is 19.1 Å². The summed E-state index contributed by atoms with van der Waals surface area (Å²) >= 11 is 0. The first-order valence-electron chi connectivity index (χ1n) is 12.1. The second kappa shape index (κ2) is 8.32. The highest BCUT2D eigenvalue weighted by Crippen LogP contribution is 2.53. The lowest BCUT2D eigenvalue weighted by Gasteiger charge is -2.44. The maximum absolute atomic E-state index is 13.0. The van der Waals surface area contributed by atoms with Crippen molar-refractivity contribution >= 4 is 17.4 Å². The summed E-state index contributed by atoms with van der Waals surface area (Å²) in [6.45, 7) is 9.74. The number of nitrogens with zero attached hydrogens (tertiary/aromatic N) is 2. The van der Waals surface area contributed by atoms with Gasteiger partial charge in [0.1, 0.15) is 11.9 Å². The number of rotatable bonds is 4. The van der Waals surface area contributed by atoms with Gasteiger partial charge in [-0.05, 0) is 50.5 Å². The van der Waals surface area contributed by atoms with Crippen LogP contribution in [0, 0.1) is 17.3 Å². The lowest BCUT2D eigenvalue weighted by Crippen LogP contribution is -2.53. The van der Waals surface area contributed by atoms with Crippen LogP contribution >= 0.6 is 0 Å². The van der Waals surface area contributed by atoms with Gasteiger partial charge in [0.05, 0.1) is 13.0 Å². The van der Waals surface area contributed by atoms with E-state index in [-0.39, 0.29) is 35.1 Å². The molecule has 0 radical (unpaired) electrons. The minimum atomic E-state index is -0.259. The normalized spacial score (nSPS) is 34.2. The van der Waals surface area contributed by atoms with Crippen LogP contribution in [0.3, 0.4) is 0 Å². The lowest BCUT2D eigenvalue weighted by molar-refractivity contribution is -0.144. The zero-order valence-electron chi connectivity index (χ0n) is 20.0. The molecule has 33 heavy (non-hydrogen) atoms. The van der Waals surface area contributed by atoms with Crippen molar-refractivity contribution in [3.8, 4) is 5.75 Å². The van der Waals surface area contributed by atoms with Gasteiger partial charge in [-0.2, -0.15) is 0 Å². The fourth-order valence-electron chi connectivity index (χ4n) is 6.43. The van der Waals surface area contributed by atoms with Gasteiger partial charge in [-0.3, -0.25) is 14.5 Å². The van der Waals surface area contributed by atoms with Crippen LogP contribution in [-0.4, -0.2) is 62.1 Å². The molecular formula is C27H34N2O4. The Kier molecular flexibility index (Phi) is 5.60. The van der Waals surface area contributed by atoms with E-state index < -0.39 is 0 Å². The summed E-state index contributed by atoms with van der Waals surface area (Å²) in [6, 6.07) is 8.54. The van der Waals surface area contributed by atoms with Crippen LogP contribution in [0.4, 0.5) is 5.69 Å². The number of carbonyl (C=O) groups is 2.